The van der Waals surface area contributed by atoms with E-state index in [1.165, 1.54) is 36.4 Å². The first-order valence-corrected chi connectivity index (χ1v) is 13.7. The van der Waals surface area contributed by atoms with Gasteiger partial charge in [0.15, 0.2) is 11.5 Å². The third-order valence-corrected chi connectivity index (χ3v) is 6.65. The van der Waals surface area contributed by atoms with Crippen LogP contribution in [0.3, 0.4) is 0 Å². The SMILES string of the molecule is CCOc1cc(-c2nnc(NC(=O)c3ccc(NS(=O)(=O)c4ccccc4)cc3)o2)cc(OCC)c1OCC. The molecule has 0 unspecified atom stereocenters. The van der Waals surface area contributed by atoms with Crippen LogP contribution in [0.1, 0.15) is 31.1 Å². The minimum absolute atomic E-state index is 0.117. The molecule has 0 aliphatic carbocycles. The predicted octanol–water partition coefficient (Wildman–Crippen LogP) is 4.99. The highest BCUT2D eigenvalue weighted by molar-refractivity contribution is 7.92. The lowest BCUT2D eigenvalue weighted by Crippen LogP contribution is -2.14. The number of sulfonamides is 1. The maximum absolute atomic E-state index is 12.7. The lowest BCUT2D eigenvalue weighted by Gasteiger charge is -2.16. The van der Waals surface area contributed by atoms with Crippen molar-refractivity contribution in [1.29, 1.82) is 0 Å². The van der Waals surface area contributed by atoms with Crippen LogP contribution in [-0.2, 0) is 10.0 Å². The molecule has 1 amide bonds. The van der Waals surface area contributed by atoms with E-state index in [1.54, 1.807) is 30.3 Å². The molecule has 3 aromatic carbocycles. The molecule has 0 spiro atoms. The summed E-state index contributed by atoms with van der Waals surface area (Å²) in [6.45, 7) is 6.82. The molecule has 0 saturated heterocycles. The normalized spacial score (nSPS) is 11.1. The van der Waals surface area contributed by atoms with E-state index in [9.17, 15) is 13.2 Å². The van der Waals surface area contributed by atoms with Crippen molar-refractivity contribution in [1.82, 2.24) is 10.2 Å². The minimum atomic E-state index is -3.75. The standard InChI is InChI=1S/C27H28N4O7S/c1-4-35-22-16-19(17-23(36-5-2)24(22)37-6-3)26-29-30-27(38-26)28-25(32)18-12-14-20(15-13-18)31-39(33,34)21-10-8-7-9-11-21/h7-17,31H,4-6H2,1-3H3,(H,28,30,32). The van der Waals surface area contributed by atoms with Crippen LogP contribution in [0.2, 0.25) is 0 Å². The molecule has 1 aromatic heterocycles. The first kappa shape index (κ1) is 27.5. The zero-order valence-corrected chi connectivity index (χ0v) is 22.4. The average molecular weight is 553 g/mol. The molecule has 12 heteroatoms. The number of hydrogen-bond donors (Lipinski definition) is 2. The molecular formula is C27H28N4O7S. The molecule has 0 aliphatic rings. The Morgan fingerprint density at radius 3 is 2.05 bits per heavy atom. The summed E-state index contributed by atoms with van der Waals surface area (Å²) in [7, 11) is -3.75. The number of nitrogens with one attached hydrogen (secondary N) is 2. The Balaban J connectivity index is 1.48. The number of aromatic nitrogens is 2. The fourth-order valence-electron chi connectivity index (χ4n) is 3.58. The van der Waals surface area contributed by atoms with E-state index in [0.29, 0.717) is 48.3 Å². The first-order chi connectivity index (χ1) is 18.8. The van der Waals surface area contributed by atoms with E-state index in [-0.39, 0.29) is 22.4 Å². The van der Waals surface area contributed by atoms with Gasteiger partial charge in [-0.05, 0) is 69.3 Å². The van der Waals surface area contributed by atoms with Gasteiger partial charge in [0, 0.05) is 16.8 Å². The van der Waals surface area contributed by atoms with Crippen molar-refractivity contribution in [2.24, 2.45) is 0 Å². The number of ether oxygens (including phenoxy) is 3. The zero-order valence-electron chi connectivity index (χ0n) is 21.6. The molecule has 4 rings (SSSR count). The summed E-state index contributed by atoms with van der Waals surface area (Å²) in [5.41, 5.74) is 1.09. The van der Waals surface area contributed by atoms with Crippen molar-refractivity contribution < 1.29 is 31.8 Å². The van der Waals surface area contributed by atoms with E-state index in [0.717, 1.165) is 0 Å². The Labute approximate surface area is 226 Å². The Bertz CT molecular complexity index is 1490. The number of nitrogens with zero attached hydrogens (tertiary/aromatic N) is 2. The highest BCUT2D eigenvalue weighted by Gasteiger charge is 2.20. The van der Waals surface area contributed by atoms with Gasteiger partial charge in [-0.3, -0.25) is 14.8 Å². The molecule has 11 nitrogen and oxygen atoms in total. The molecule has 39 heavy (non-hydrogen) atoms. The number of carbonyl (C=O) groups is 1. The van der Waals surface area contributed by atoms with Crippen LogP contribution in [0.25, 0.3) is 11.5 Å². The van der Waals surface area contributed by atoms with Gasteiger partial charge in [-0.25, -0.2) is 8.42 Å². The number of rotatable bonds is 12. The third-order valence-electron chi connectivity index (χ3n) is 5.25. The number of benzene rings is 3. The van der Waals surface area contributed by atoms with E-state index in [2.05, 4.69) is 20.2 Å². The van der Waals surface area contributed by atoms with Gasteiger partial charge < -0.3 is 18.6 Å². The van der Waals surface area contributed by atoms with Crippen molar-refractivity contribution in [3.05, 3.63) is 72.3 Å². The van der Waals surface area contributed by atoms with Gasteiger partial charge in [0.1, 0.15) is 0 Å². The highest BCUT2D eigenvalue weighted by Crippen LogP contribution is 2.41. The molecule has 4 aromatic rings. The number of carbonyl (C=O) groups excluding carboxylic acids is 1. The van der Waals surface area contributed by atoms with Crippen molar-refractivity contribution in [3.8, 4) is 28.7 Å². The van der Waals surface area contributed by atoms with E-state index in [4.69, 9.17) is 18.6 Å². The summed E-state index contributed by atoms with van der Waals surface area (Å²) in [4.78, 5) is 12.9. The molecule has 0 radical (unpaired) electrons. The van der Waals surface area contributed by atoms with Gasteiger partial charge in [0.25, 0.3) is 15.9 Å². The summed E-state index contributed by atoms with van der Waals surface area (Å²) in [5.74, 6) is 1.03. The van der Waals surface area contributed by atoms with E-state index in [1.807, 2.05) is 20.8 Å². The van der Waals surface area contributed by atoms with Gasteiger partial charge in [-0.2, -0.15) is 0 Å². The van der Waals surface area contributed by atoms with Crippen LogP contribution in [-0.4, -0.2) is 44.3 Å². The summed E-state index contributed by atoms with van der Waals surface area (Å²) >= 11 is 0. The summed E-state index contributed by atoms with van der Waals surface area (Å²) in [6, 6.07) is 17.2. The van der Waals surface area contributed by atoms with Crippen LogP contribution in [0, 0.1) is 0 Å². The lowest BCUT2D eigenvalue weighted by atomic mass is 10.2. The molecular weight excluding hydrogens is 524 g/mol. The Hall–Kier alpha value is -4.58. The van der Waals surface area contributed by atoms with Gasteiger partial charge >= 0.3 is 6.01 Å². The summed E-state index contributed by atoms with van der Waals surface area (Å²) in [6.07, 6.45) is 0. The smallest absolute Gasteiger partial charge is 0.322 e. The summed E-state index contributed by atoms with van der Waals surface area (Å²) in [5, 5.41) is 10.5. The maximum Gasteiger partial charge on any atom is 0.322 e. The fraction of sp³-hybridized carbons (Fsp3) is 0.222. The van der Waals surface area contributed by atoms with Crippen LogP contribution in [0.15, 0.2) is 76.0 Å². The van der Waals surface area contributed by atoms with Gasteiger partial charge in [-0.1, -0.05) is 23.3 Å². The quantitative estimate of drug-likeness (QED) is 0.249. The molecule has 1 heterocycles. The molecule has 0 aliphatic heterocycles. The summed E-state index contributed by atoms with van der Waals surface area (Å²) < 4.78 is 50.3. The lowest BCUT2D eigenvalue weighted by molar-refractivity contribution is 0.102. The van der Waals surface area contributed by atoms with E-state index >= 15 is 0 Å². The third kappa shape index (κ3) is 6.65. The van der Waals surface area contributed by atoms with Crippen LogP contribution >= 0.6 is 0 Å². The second-order valence-electron chi connectivity index (χ2n) is 7.96. The van der Waals surface area contributed by atoms with Crippen LogP contribution in [0.4, 0.5) is 11.7 Å². The Morgan fingerprint density at radius 1 is 0.846 bits per heavy atom. The Kier molecular flexibility index (Phi) is 8.67. The molecule has 0 saturated carbocycles. The van der Waals surface area contributed by atoms with Gasteiger partial charge in [0.2, 0.25) is 11.6 Å². The largest absolute Gasteiger partial charge is 0.490 e. The maximum atomic E-state index is 12.7. The predicted molar refractivity (Wildman–Crippen MR) is 145 cm³/mol. The van der Waals surface area contributed by atoms with Crippen molar-refractivity contribution >= 4 is 27.6 Å². The molecule has 0 atom stereocenters. The number of hydrogen-bond acceptors (Lipinski definition) is 9. The highest BCUT2D eigenvalue weighted by atomic mass is 32.2. The molecule has 2 N–H and O–H groups in total. The number of anilines is 2. The second-order valence-corrected chi connectivity index (χ2v) is 9.65. The fourth-order valence-corrected chi connectivity index (χ4v) is 4.65. The van der Waals surface area contributed by atoms with Crippen LogP contribution < -0.4 is 24.2 Å². The molecule has 0 bridgehead atoms. The molecule has 0 fully saturated rings. The Morgan fingerprint density at radius 2 is 1.46 bits per heavy atom. The molecule has 204 valence electrons. The second kappa shape index (κ2) is 12.3. The zero-order chi connectivity index (χ0) is 27.8. The van der Waals surface area contributed by atoms with Crippen LogP contribution in [0.5, 0.6) is 17.2 Å². The first-order valence-electron chi connectivity index (χ1n) is 12.2. The average Bonchev–Trinajstić information content (AvgIpc) is 3.40. The van der Waals surface area contributed by atoms with Gasteiger partial charge in [0.05, 0.1) is 24.7 Å². The van der Waals surface area contributed by atoms with Crippen molar-refractivity contribution in [3.63, 3.8) is 0 Å². The van der Waals surface area contributed by atoms with Crippen molar-refractivity contribution in [2.75, 3.05) is 29.9 Å². The number of amides is 1. The van der Waals surface area contributed by atoms with Crippen molar-refractivity contribution in [2.45, 2.75) is 25.7 Å². The minimum Gasteiger partial charge on any atom is -0.490 e. The van der Waals surface area contributed by atoms with E-state index < -0.39 is 15.9 Å². The monoisotopic (exact) mass is 552 g/mol. The van der Waals surface area contributed by atoms with Gasteiger partial charge in [-0.15, -0.1) is 5.10 Å². The topological polar surface area (TPSA) is 142 Å².